The molecule has 166 valence electrons. The summed E-state index contributed by atoms with van der Waals surface area (Å²) in [5, 5.41) is 18.0. The van der Waals surface area contributed by atoms with Crippen LogP contribution in [0, 0.1) is 17.2 Å². The minimum Gasteiger partial charge on any atom is -0.480 e. The highest BCUT2D eigenvalue weighted by atomic mass is 16.4. The topological polar surface area (TPSA) is 171 Å². The Balaban J connectivity index is 2.13. The molecule has 2 aliphatic heterocycles. The van der Waals surface area contributed by atoms with Crippen LogP contribution in [0.15, 0.2) is 24.3 Å². The Bertz CT molecular complexity index is 931. The van der Waals surface area contributed by atoms with Crippen LogP contribution in [0.25, 0.3) is 0 Å². The normalized spacial score (nSPS) is 25.6. The van der Waals surface area contributed by atoms with Crippen LogP contribution in [0.1, 0.15) is 37.3 Å². The number of carbonyl (C=O) groups excluding carboxylic acids is 3. The van der Waals surface area contributed by atoms with Crippen molar-refractivity contribution in [2.75, 3.05) is 19.6 Å². The summed E-state index contributed by atoms with van der Waals surface area (Å²) in [6.45, 7) is 2.22. The monoisotopic (exact) mass is 429 g/mol. The van der Waals surface area contributed by atoms with Crippen molar-refractivity contribution in [2.24, 2.45) is 23.3 Å². The van der Waals surface area contributed by atoms with Crippen LogP contribution in [0.2, 0.25) is 0 Å². The number of hydrogen-bond donors (Lipinski definition) is 4. The Labute approximate surface area is 179 Å². The van der Waals surface area contributed by atoms with Crippen molar-refractivity contribution < 1.29 is 24.3 Å². The molecule has 3 amide bonds. The maximum Gasteiger partial charge on any atom is 0.329 e. The number of rotatable bonds is 9. The molecule has 10 heteroatoms. The number of carboxylic acids is 1. The second kappa shape index (κ2) is 8.46. The summed E-state index contributed by atoms with van der Waals surface area (Å²) >= 11 is 0. The number of nitrogens with two attached hydrogens (primary N) is 2. The number of nitrogens with zero attached hydrogens (tertiary/aromatic N) is 2. The first-order chi connectivity index (χ1) is 14.7. The highest BCUT2D eigenvalue weighted by Crippen LogP contribution is 2.51. The fourth-order valence-electron chi connectivity index (χ4n) is 4.73. The number of nitrogens with one attached hydrogen (secondary N) is 1. The molecule has 0 spiro atoms. The van der Waals surface area contributed by atoms with E-state index in [2.05, 4.69) is 0 Å². The van der Waals surface area contributed by atoms with Crippen molar-refractivity contribution >= 4 is 29.5 Å². The van der Waals surface area contributed by atoms with Gasteiger partial charge < -0.3 is 16.6 Å². The molecule has 3 rings (SSSR count). The quantitative estimate of drug-likeness (QED) is 0.240. The Morgan fingerprint density at radius 1 is 1.16 bits per heavy atom. The predicted octanol–water partition coefficient (Wildman–Crippen LogP) is -0.157. The standard InChI is InChI=1S/C21H27N5O5/c1-2-3-9-26-18(28)14-11-25(10-8-15(22)27)21(20(30)31,16(14)19(26)29)13-6-4-12(5-7-13)17(23)24/h4-7,14,16H,2-3,8-11H2,1H3,(H2,22,27)(H3,23,24)(H,30,31). The maximum atomic E-state index is 13.3. The number of amides is 3. The van der Waals surface area contributed by atoms with Crippen LogP contribution in [-0.2, 0) is 24.7 Å². The van der Waals surface area contributed by atoms with Crippen molar-refractivity contribution in [3.8, 4) is 0 Å². The van der Waals surface area contributed by atoms with Crippen molar-refractivity contribution in [2.45, 2.75) is 31.7 Å². The number of nitrogen functional groups attached to an aromatic ring is 1. The van der Waals surface area contributed by atoms with Gasteiger partial charge in [0.1, 0.15) is 5.84 Å². The number of carboxylic acid groups (broad SMARTS) is 1. The number of imide groups is 1. The zero-order valence-electron chi connectivity index (χ0n) is 17.3. The minimum atomic E-state index is -1.83. The Morgan fingerprint density at radius 3 is 2.32 bits per heavy atom. The molecule has 3 atom stereocenters. The van der Waals surface area contributed by atoms with E-state index < -0.39 is 35.2 Å². The van der Waals surface area contributed by atoms with Crippen molar-refractivity contribution in [3.05, 3.63) is 35.4 Å². The van der Waals surface area contributed by atoms with Crippen molar-refractivity contribution in [1.82, 2.24) is 9.80 Å². The van der Waals surface area contributed by atoms with Crippen LogP contribution >= 0.6 is 0 Å². The molecule has 0 bridgehead atoms. The highest BCUT2D eigenvalue weighted by molar-refractivity contribution is 6.09. The van der Waals surface area contributed by atoms with E-state index in [1.54, 1.807) is 0 Å². The third-order valence-corrected chi connectivity index (χ3v) is 6.21. The summed E-state index contributed by atoms with van der Waals surface area (Å²) in [7, 11) is 0. The molecule has 2 saturated heterocycles. The lowest BCUT2D eigenvalue weighted by atomic mass is 9.75. The molecule has 0 saturated carbocycles. The van der Waals surface area contributed by atoms with Gasteiger partial charge in [0.05, 0.1) is 11.8 Å². The lowest BCUT2D eigenvalue weighted by Gasteiger charge is -2.38. The lowest BCUT2D eigenvalue weighted by molar-refractivity contribution is -0.158. The smallest absolute Gasteiger partial charge is 0.329 e. The average Bonchev–Trinajstić information content (AvgIpc) is 3.18. The number of unbranched alkanes of at least 4 members (excludes halogenated alkanes) is 1. The number of aliphatic carboxylic acids is 1. The van der Waals surface area contributed by atoms with Crippen LogP contribution in [-0.4, -0.2) is 64.1 Å². The molecule has 0 aliphatic carbocycles. The van der Waals surface area contributed by atoms with Gasteiger partial charge in [-0.1, -0.05) is 37.6 Å². The Morgan fingerprint density at radius 2 is 1.81 bits per heavy atom. The van der Waals surface area contributed by atoms with Gasteiger partial charge in [-0.2, -0.15) is 0 Å². The van der Waals surface area contributed by atoms with Gasteiger partial charge in [-0.15, -0.1) is 0 Å². The molecule has 31 heavy (non-hydrogen) atoms. The zero-order valence-corrected chi connectivity index (χ0v) is 17.3. The van der Waals surface area contributed by atoms with E-state index >= 15 is 0 Å². The van der Waals surface area contributed by atoms with Gasteiger partial charge in [-0.25, -0.2) is 4.79 Å². The first-order valence-corrected chi connectivity index (χ1v) is 10.2. The van der Waals surface area contributed by atoms with Gasteiger partial charge in [-0.05, 0) is 12.0 Å². The predicted molar refractivity (Wildman–Crippen MR) is 111 cm³/mol. The van der Waals surface area contributed by atoms with Crippen LogP contribution in [0.5, 0.6) is 0 Å². The van der Waals surface area contributed by atoms with Gasteiger partial charge in [0.25, 0.3) is 0 Å². The van der Waals surface area contributed by atoms with Gasteiger partial charge in [-0.3, -0.25) is 29.6 Å². The second-order valence-electron chi connectivity index (χ2n) is 7.99. The summed E-state index contributed by atoms with van der Waals surface area (Å²) in [6.07, 6.45) is 1.31. The second-order valence-corrected chi connectivity index (χ2v) is 7.99. The molecule has 2 heterocycles. The number of fused-ring (bicyclic) bond motifs is 1. The SMILES string of the molecule is CCCCN1C(=O)C2CN(CCC(N)=O)C(C(=O)O)(c3ccc(C(=N)N)cc3)C2C1=O. The molecule has 1 aromatic rings. The number of amidine groups is 1. The van der Waals surface area contributed by atoms with Gasteiger partial charge in [0.2, 0.25) is 17.7 Å². The summed E-state index contributed by atoms with van der Waals surface area (Å²) in [5.74, 6) is -4.89. The van der Waals surface area contributed by atoms with Gasteiger partial charge in [0.15, 0.2) is 5.54 Å². The molecular weight excluding hydrogens is 402 g/mol. The van der Waals surface area contributed by atoms with E-state index in [1.807, 2.05) is 6.92 Å². The van der Waals surface area contributed by atoms with Crippen molar-refractivity contribution in [1.29, 1.82) is 5.41 Å². The molecule has 0 aromatic heterocycles. The minimum absolute atomic E-state index is 0.00138. The third-order valence-electron chi connectivity index (χ3n) is 6.21. The summed E-state index contributed by atoms with van der Waals surface area (Å²) in [5.41, 5.74) is 9.66. The number of likely N-dealkylation sites (tertiary alicyclic amines) is 2. The maximum absolute atomic E-state index is 13.3. The molecule has 3 unspecified atom stereocenters. The first-order valence-electron chi connectivity index (χ1n) is 10.2. The lowest BCUT2D eigenvalue weighted by Crippen LogP contribution is -2.55. The van der Waals surface area contributed by atoms with Gasteiger partial charge in [0, 0.05) is 31.6 Å². The van der Waals surface area contributed by atoms with Crippen LogP contribution in [0.4, 0.5) is 0 Å². The number of benzene rings is 1. The fraction of sp³-hybridized carbons (Fsp3) is 0.476. The molecule has 0 radical (unpaired) electrons. The van der Waals surface area contributed by atoms with E-state index in [0.717, 1.165) is 6.42 Å². The van der Waals surface area contributed by atoms with E-state index in [-0.39, 0.29) is 37.8 Å². The summed E-state index contributed by atoms with van der Waals surface area (Å²) < 4.78 is 0. The van der Waals surface area contributed by atoms with E-state index in [4.69, 9.17) is 16.9 Å². The largest absolute Gasteiger partial charge is 0.480 e. The van der Waals surface area contributed by atoms with Crippen LogP contribution < -0.4 is 11.5 Å². The average molecular weight is 429 g/mol. The Kier molecular flexibility index (Phi) is 6.12. The Hall–Kier alpha value is -3.27. The van der Waals surface area contributed by atoms with Crippen LogP contribution in [0.3, 0.4) is 0 Å². The van der Waals surface area contributed by atoms with E-state index in [9.17, 15) is 24.3 Å². The number of carbonyl (C=O) groups is 4. The molecule has 2 aliphatic rings. The third kappa shape index (κ3) is 3.56. The highest BCUT2D eigenvalue weighted by Gasteiger charge is 2.68. The molecule has 2 fully saturated rings. The zero-order chi connectivity index (χ0) is 22.9. The van der Waals surface area contributed by atoms with E-state index in [0.29, 0.717) is 17.5 Å². The molecule has 6 N–H and O–H groups in total. The molecule has 10 nitrogen and oxygen atoms in total. The summed E-state index contributed by atoms with van der Waals surface area (Å²) in [6, 6.07) is 6.05. The number of hydrogen-bond acceptors (Lipinski definition) is 6. The molecule has 1 aromatic carbocycles. The van der Waals surface area contributed by atoms with E-state index in [1.165, 1.54) is 34.1 Å². The van der Waals surface area contributed by atoms with Crippen molar-refractivity contribution in [3.63, 3.8) is 0 Å². The fourth-order valence-corrected chi connectivity index (χ4v) is 4.73. The van der Waals surface area contributed by atoms with Gasteiger partial charge >= 0.3 is 5.97 Å². The summed E-state index contributed by atoms with van der Waals surface area (Å²) in [4.78, 5) is 53.2. The number of primary amides is 1. The first kappa shape index (κ1) is 22.4. The molecular formula is C21H27N5O5.